The zero-order valence-electron chi connectivity index (χ0n) is 11.0. The summed E-state index contributed by atoms with van der Waals surface area (Å²) in [5.41, 5.74) is 0. The van der Waals surface area contributed by atoms with E-state index < -0.39 is 10.1 Å². The average molecular weight is 361 g/mol. The van der Waals surface area contributed by atoms with Crippen LogP contribution in [-0.4, -0.2) is 26.7 Å². The molecule has 0 aliphatic carbocycles. The molecule has 2 aliphatic heterocycles. The lowest BCUT2D eigenvalue weighted by Crippen LogP contribution is -2.30. The molecule has 2 aliphatic rings. The van der Waals surface area contributed by atoms with Crippen LogP contribution in [0.15, 0.2) is 33.6 Å². The molecule has 6 heteroatoms. The van der Waals surface area contributed by atoms with Gasteiger partial charge in [-0.15, -0.1) is 0 Å². The molecular formula is C14H17BrO4S. The molecule has 0 saturated carbocycles. The first-order chi connectivity index (χ1) is 9.54. The van der Waals surface area contributed by atoms with E-state index in [1.54, 1.807) is 24.3 Å². The van der Waals surface area contributed by atoms with Crippen molar-refractivity contribution in [2.75, 3.05) is 0 Å². The second kappa shape index (κ2) is 5.75. The van der Waals surface area contributed by atoms with Crippen LogP contribution in [0.5, 0.6) is 0 Å². The minimum atomic E-state index is -3.72. The molecule has 2 saturated heterocycles. The van der Waals surface area contributed by atoms with Gasteiger partial charge in [-0.1, -0.05) is 15.9 Å². The number of rotatable bonds is 3. The van der Waals surface area contributed by atoms with E-state index in [0.29, 0.717) is 6.10 Å². The highest BCUT2D eigenvalue weighted by Gasteiger charge is 2.37. The van der Waals surface area contributed by atoms with Crippen LogP contribution in [0.25, 0.3) is 0 Å². The predicted octanol–water partition coefficient (Wildman–Crippen LogP) is 3.25. The molecule has 2 heterocycles. The third kappa shape index (κ3) is 3.08. The number of hydrogen-bond acceptors (Lipinski definition) is 4. The molecular weight excluding hydrogens is 344 g/mol. The van der Waals surface area contributed by atoms with Crippen molar-refractivity contribution in [1.82, 2.24) is 0 Å². The third-order valence-corrected chi connectivity index (χ3v) is 5.80. The Morgan fingerprint density at radius 1 is 1.10 bits per heavy atom. The van der Waals surface area contributed by atoms with Gasteiger partial charge in [0, 0.05) is 4.47 Å². The van der Waals surface area contributed by atoms with Crippen molar-refractivity contribution in [3.05, 3.63) is 28.7 Å². The van der Waals surface area contributed by atoms with Crippen molar-refractivity contribution in [2.45, 2.75) is 55.3 Å². The normalized spacial score (nSPS) is 30.1. The van der Waals surface area contributed by atoms with Crippen LogP contribution < -0.4 is 0 Å². The van der Waals surface area contributed by atoms with Crippen molar-refractivity contribution in [1.29, 1.82) is 0 Å². The number of halogens is 1. The molecule has 0 N–H and O–H groups in total. The molecule has 0 unspecified atom stereocenters. The van der Waals surface area contributed by atoms with E-state index >= 15 is 0 Å². The van der Waals surface area contributed by atoms with Crippen LogP contribution in [0.4, 0.5) is 0 Å². The van der Waals surface area contributed by atoms with Gasteiger partial charge in [-0.2, -0.15) is 8.42 Å². The van der Waals surface area contributed by atoms with Crippen molar-refractivity contribution in [2.24, 2.45) is 0 Å². The molecule has 2 bridgehead atoms. The van der Waals surface area contributed by atoms with Gasteiger partial charge in [-0.3, -0.25) is 4.18 Å². The zero-order chi connectivity index (χ0) is 14.2. The molecule has 0 amide bonds. The van der Waals surface area contributed by atoms with E-state index in [0.717, 1.165) is 36.6 Å². The number of ether oxygens (including phenoxy) is 1. The van der Waals surface area contributed by atoms with E-state index in [9.17, 15) is 8.42 Å². The Kier molecular flexibility index (Phi) is 4.17. The largest absolute Gasteiger partial charge is 0.372 e. The Morgan fingerprint density at radius 3 is 2.60 bits per heavy atom. The first kappa shape index (κ1) is 14.5. The van der Waals surface area contributed by atoms with Gasteiger partial charge in [0.2, 0.25) is 0 Å². The summed E-state index contributed by atoms with van der Waals surface area (Å²) in [5.74, 6) is 0. The van der Waals surface area contributed by atoms with Crippen LogP contribution in [0.3, 0.4) is 0 Å². The summed E-state index contributed by atoms with van der Waals surface area (Å²) in [7, 11) is -3.72. The Morgan fingerprint density at radius 2 is 1.85 bits per heavy atom. The minimum Gasteiger partial charge on any atom is -0.372 e. The molecule has 4 nitrogen and oxygen atoms in total. The van der Waals surface area contributed by atoms with E-state index in [-0.39, 0.29) is 17.1 Å². The highest BCUT2D eigenvalue weighted by Crippen LogP contribution is 2.34. The summed E-state index contributed by atoms with van der Waals surface area (Å²) in [6, 6.07) is 6.50. The minimum absolute atomic E-state index is 0.0762. The molecule has 110 valence electrons. The summed E-state index contributed by atoms with van der Waals surface area (Å²) < 4.78 is 36.7. The average Bonchev–Trinajstić information content (AvgIpc) is 2.77. The molecule has 3 rings (SSSR count). The second-order valence-corrected chi connectivity index (χ2v) is 7.84. The Hall–Kier alpha value is -0.430. The lowest BCUT2D eigenvalue weighted by atomic mass is 9.99. The lowest BCUT2D eigenvalue weighted by Gasteiger charge is -2.21. The highest BCUT2D eigenvalue weighted by atomic mass is 79.9. The van der Waals surface area contributed by atoms with Gasteiger partial charge in [0.05, 0.1) is 17.1 Å². The molecule has 1 aromatic rings. The van der Waals surface area contributed by atoms with Crippen molar-refractivity contribution in [3.8, 4) is 0 Å². The molecule has 20 heavy (non-hydrogen) atoms. The fourth-order valence-electron chi connectivity index (χ4n) is 2.88. The maximum absolute atomic E-state index is 12.3. The first-order valence-corrected chi connectivity index (χ1v) is 9.09. The quantitative estimate of drug-likeness (QED) is 0.776. The Labute approximate surface area is 127 Å². The Bertz CT molecular complexity index is 569. The van der Waals surface area contributed by atoms with Gasteiger partial charge in [-0.05, 0) is 56.4 Å². The number of benzene rings is 1. The molecule has 0 spiro atoms. The van der Waals surface area contributed by atoms with E-state index in [1.807, 2.05) is 0 Å². The van der Waals surface area contributed by atoms with E-state index in [2.05, 4.69) is 15.9 Å². The van der Waals surface area contributed by atoms with Crippen LogP contribution >= 0.6 is 15.9 Å². The molecule has 0 radical (unpaired) electrons. The SMILES string of the molecule is O=S(=O)(O[C@H]1CCC[C@H]2CC[C@H]1O2)c1ccc(Br)cc1. The van der Waals surface area contributed by atoms with Gasteiger partial charge >= 0.3 is 0 Å². The highest BCUT2D eigenvalue weighted by molar-refractivity contribution is 9.10. The van der Waals surface area contributed by atoms with Gasteiger partial charge < -0.3 is 4.74 Å². The maximum Gasteiger partial charge on any atom is 0.297 e. The van der Waals surface area contributed by atoms with Crippen molar-refractivity contribution in [3.63, 3.8) is 0 Å². The summed E-state index contributed by atoms with van der Waals surface area (Å²) in [6.45, 7) is 0. The summed E-state index contributed by atoms with van der Waals surface area (Å²) in [5, 5.41) is 0. The summed E-state index contributed by atoms with van der Waals surface area (Å²) in [4.78, 5) is 0.194. The maximum atomic E-state index is 12.3. The monoisotopic (exact) mass is 360 g/mol. The second-order valence-electron chi connectivity index (χ2n) is 5.35. The first-order valence-electron chi connectivity index (χ1n) is 6.89. The number of hydrogen-bond donors (Lipinski definition) is 0. The van der Waals surface area contributed by atoms with Crippen molar-refractivity contribution >= 4 is 26.0 Å². The van der Waals surface area contributed by atoms with Gasteiger partial charge in [-0.25, -0.2) is 0 Å². The van der Waals surface area contributed by atoms with Gasteiger partial charge in [0.1, 0.15) is 6.10 Å². The molecule has 0 aromatic heterocycles. The van der Waals surface area contributed by atoms with Crippen LogP contribution in [-0.2, 0) is 19.0 Å². The van der Waals surface area contributed by atoms with Crippen molar-refractivity contribution < 1.29 is 17.3 Å². The smallest absolute Gasteiger partial charge is 0.297 e. The van der Waals surface area contributed by atoms with E-state index in [4.69, 9.17) is 8.92 Å². The molecule has 3 atom stereocenters. The lowest BCUT2D eigenvalue weighted by molar-refractivity contribution is -0.00783. The van der Waals surface area contributed by atoms with Crippen LogP contribution in [0.2, 0.25) is 0 Å². The third-order valence-electron chi connectivity index (χ3n) is 3.92. The fraction of sp³-hybridized carbons (Fsp3) is 0.571. The van der Waals surface area contributed by atoms with Crippen LogP contribution in [0, 0.1) is 0 Å². The zero-order valence-corrected chi connectivity index (χ0v) is 13.4. The standard InChI is InChI=1S/C14H17BrO4S/c15-10-4-7-12(8-5-10)20(16,17)19-14-3-1-2-11-6-9-13(14)18-11/h4-5,7-8,11,13-14H,1-3,6,9H2/t11-,13+,14-/m0/s1. The predicted molar refractivity (Wildman–Crippen MR) is 77.9 cm³/mol. The van der Waals surface area contributed by atoms with Crippen LogP contribution in [0.1, 0.15) is 32.1 Å². The van der Waals surface area contributed by atoms with Gasteiger partial charge in [0.25, 0.3) is 10.1 Å². The van der Waals surface area contributed by atoms with E-state index in [1.165, 1.54) is 0 Å². The summed E-state index contributed by atoms with van der Waals surface area (Å²) >= 11 is 3.29. The Balaban J connectivity index is 1.77. The van der Waals surface area contributed by atoms with Gasteiger partial charge in [0.15, 0.2) is 0 Å². The molecule has 1 aromatic carbocycles. The number of fused-ring (bicyclic) bond motifs is 2. The fourth-order valence-corrected chi connectivity index (χ4v) is 4.27. The molecule has 2 fully saturated rings. The summed E-state index contributed by atoms with van der Waals surface area (Å²) in [6.07, 6.45) is 4.49. The topological polar surface area (TPSA) is 52.6 Å².